The summed E-state index contributed by atoms with van der Waals surface area (Å²) in [7, 11) is 0. The molecule has 21 heavy (non-hydrogen) atoms. The summed E-state index contributed by atoms with van der Waals surface area (Å²) in [5.74, 6) is 0. The van der Waals surface area contributed by atoms with Gasteiger partial charge in [0.15, 0.2) is 0 Å². The molecule has 5 heteroatoms. The van der Waals surface area contributed by atoms with Crippen molar-refractivity contribution in [3.63, 3.8) is 0 Å². The van der Waals surface area contributed by atoms with E-state index < -0.39 is 0 Å². The van der Waals surface area contributed by atoms with Gasteiger partial charge in [0.25, 0.3) is 0 Å². The highest BCUT2D eigenvalue weighted by molar-refractivity contribution is 9.10. The molecule has 1 fully saturated rings. The highest BCUT2D eigenvalue weighted by atomic mass is 79.9. The monoisotopic (exact) mass is 355 g/mol. The van der Waals surface area contributed by atoms with Gasteiger partial charge in [-0.3, -0.25) is 0 Å². The molecule has 4 nitrogen and oxygen atoms in total. The first kappa shape index (κ1) is 16.3. The predicted molar refractivity (Wildman–Crippen MR) is 85.1 cm³/mol. The Hall–Kier alpha value is -1.07. The molecular formula is C16H22BrNO3. The van der Waals surface area contributed by atoms with Crippen LogP contribution in [-0.4, -0.2) is 35.4 Å². The van der Waals surface area contributed by atoms with Crippen LogP contribution < -0.4 is 0 Å². The fourth-order valence-corrected chi connectivity index (χ4v) is 3.03. The van der Waals surface area contributed by atoms with E-state index in [0.717, 1.165) is 29.3 Å². The minimum atomic E-state index is -0.237. The Kier molecular flexibility index (Phi) is 6.06. The Morgan fingerprint density at radius 1 is 1.43 bits per heavy atom. The number of cyclic esters (lactones) is 1. The molecule has 1 N–H and O–H groups in total. The predicted octanol–water partition coefficient (Wildman–Crippen LogP) is 3.88. The molecule has 1 aromatic carbocycles. The van der Waals surface area contributed by atoms with Gasteiger partial charge < -0.3 is 14.7 Å². The molecule has 0 radical (unpaired) electrons. The van der Waals surface area contributed by atoms with E-state index in [0.29, 0.717) is 13.0 Å². The second-order valence-electron chi connectivity index (χ2n) is 5.33. The standard InChI is InChI=1S/C16H22BrNO3/c1-2-15(12-5-7-13(17)8-6-12)18-10-9-14(4-3-11-19)21-16(18)20/h5-8,14-15,19H,2-4,9-11H2,1H3. The summed E-state index contributed by atoms with van der Waals surface area (Å²) < 4.78 is 6.53. The molecule has 0 spiro atoms. The van der Waals surface area contributed by atoms with E-state index in [4.69, 9.17) is 9.84 Å². The van der Waals surface area contributed by atoms with E-state index >= 15 is 0 Å². The number of halogens is 1. The molecule has 0 bridgehead atoms. The van der Waals surface area contributed by atoms with Gasteiger partial charge in [-0.05, 0) is 37.0 Å². The van der Waals surface area contributed by atoms with E-state index in [1.165, 1.54) is 0 Å². The molecule has 2 unspecified atom stereocenters. The van der Waals surface area contributed by atoms with Crippen LogP contribution in [0, 0.1) is 0 Å². The van der Waals surface area contributed by atoms with Gasteiger partial charge in [0.1, 0.15) is 6.10 Å². The third kappa shape index (κ3) is 4.20. The first-order valence-electron chi connectivity index (χ1n) is 7.49. The lowest BCUT2D eigenvalue weighted by Crippen LogP contribution is -2.43. The van der Waals surface area contributed by atoms with Crippen molar-refractivity contribution in [1.29, 1.82) is 0 Å². The Bertz CT molecular complexity index is 463. The molecule has 2 atom stereocenters. The number of rotatable bonds is 6. The number of aliphatic hydroxyl groups excluding tert-OH is 1. The fraction of sp³-hybridized carbons (Fsp3) is 0.562. The van der Waals surface area contributed by atoms with E-state index in [9.17, 15) is 4.79 Å². The Labute approximate surface area is 134 Å². The molecule has 1 aliphatic rings. The zero-order chi connectivity index (χ0) is 15.2. The van der Waals surface area contributed by atoms with Gasteiger partial charge in [-0.1, -0.05) is 35.0 Å². The maximum Gasteiger partial charge on any atom is 0.410 e. The number of amides is 1. The maximum atomic E-state index is 12.2. The SMILES string of the molecule is CCC(c1ccc(Br)cc1)N1CCC(CCCO)OC1=O. The van der Waals surface area contributed by atoms with Gasteiger partial charge in [0, 0.05) is 24.0 Å². The maximum absolute atomic E-state index is 12.2. The van der Waals surface area contributed by atoms with Crippen LogP contribution in [0.1, 0.15) is 44.2 Å². The van der Waals surface area contributed by atoms with Crippen LogP contribution in [-0.2, 0) is 4.74 Å². The number of hydrogen-bond donors (Lipinski definition) is 1. The second-order valence-corrected chi connectivity index (χ2v) is 6.24. The zero-order valence-corrected chi connectivity index (χ0v) is 13.9. The number of ether oxygens (including phenoxy) is 1. The molecular weight excluding hydrogens is 334 g/mol. The number of aliphatic hydroxyl groups is 1. The number of benzene rings is 1. The van der Waals surface area contributed by atoms with Gasteiger partial charge in [0.05, 0.1) is 6.04 Å². The van der Waals surface area contributed by atoms with Crippen molar-refractivity contribution in [3.8, 4) is 0 Å². The van der Waals surface area contributed by atoms with Crippen molar-refractivity contribution in [3.05, 3.63) is 34.3 Å². The van der Waals surface area contributed by atoms with Gasteiger partial charge in [0.2, 0.25) is 0 Å². The molecule has 1 aromatic rings. The van der Waals surface area contributed by atoms with Crippen LogP contribution in [0.3, 0.4) is 0 Å². The molecule has 0 aliphatic carbocycles. The Balaban J connectivity index is 2.03. The molecule has 1 amide bonds. The minimum Gasteiger partial charge on any atom is -0.446 e. The van der Waals surface area contributed by atoms with Crippen molar-refractivity contribution in [2.75, 3.05) is 13.2 Å². The first-order chi connectivity index (χ1) is 10.2. The van der Waals surface area contributed by atoms with Crippen molar-refractivity contribution in [2.24, 2.45) is 0 Å². The number of nitrogens with zero attached hydrogens (tertiary/aromatic N) is 1. The van der Waals surface area contributed by atoms with Crippen molar-refractivity contribution < 1.29 is 14.6 Å². The molecule has 2 rings (SSSR count). The first-order valence-corrected chi connectivity index (χ1v) is 8.28. The zero-order valence-electron chi connectivity index (χ0n) is 12.3. The fourth-order valence-electron chi connectivity index (χ4n) is 2.77. The minimum absolute atomic E-state index is 0.0525. The highest BCUT2D eigenvalue weighted by Crippen LogP contribution is 2.29. The summed E-state index contributed by atoms with van der Waals surface area (Å²) in [6.07, 6.45) is 2.83. The molecule has 116 valence electrons. The summed E-state index contributed by atoms with van der Waals surface area (Å²) in [5.41, 5.74) is 1.13. The van der Waals surface area contributed by atoms with Crippen LogP contribution in [0.4, 0.5) is 4.79 Å². The molecule has 0 aromatic heterocycles. The van der Waals surface area contributed by atoms with Crippen LogP contribution in [0.15, 0.2) is 28.7 Å². The van der Waals surface area contributed by atoms with Gasteiger partial charge in [-0.2, -0.15) is 0 Å². The average molecular weight is 356 g/mol. The van der Waals surface area contributed by atoms with Gasteiger partial charge >= 0.3 is 6.09 Å². The largest absolute Gasteiger partial charge is 0.446 e. The number of carbonyl (C=O) groups is 1. The summed E-state index contributed by atoms with van der Waals surface area (Å²) in [6, 6.07) is 8.14. The quantitative estimate of drug-likeness (QED) is 0.842. The van der Waals surface area contributed by atoms with E-state index in [1.54, 1.807) is 0 Å². The topological polar surface area (TPSA) is 49.8 Å². The third-order valence-electron chi connectivity index (χ3n) is 3.90. The van der Waals surface area contributed by atoms with Crippen LogP contribution in [0.2, 0.25) is 0 Å². The molecule has 1 aliphatic heterocycles. The summed E-state index contributed by atoms with van der Waals surface area (Å²) in [4.78, 5) is 14.1. The lowest BCUT2D eigenvalue weighted by Gasteiger charge is -2.37. The van der Waals surface area contributed by atoms with Crippen molar-refractivity contribution in [2.45, 2.75) is 44.8 Å². The lowest BCUT2D eigenvalue weighted by molar-refractivity contribution is 0.00467. The van der Waals surface area contributed by atoms with Gasteiger partial charge in [-0.15, -0.1) is 0 Å². The third-order valence-corrected chi connectivity index (χ3v) is 4.42. The summed E-state index contributed by atoms with van der Waals surface area (Å²) in [5, 5.41) is 8.86. The molecule has 1 saturated heterocycles. The Morgan fingerprint density at radius 2 is 2.14 bits per heavy atom. The average Bonchev–Trinajstić information content (AvgIpc) is 2.49. The van der Waals surface area contributed by atoms with E-state index in [-0.39, 0.29) is 24.8 Å². The van der Waals surface area contributed by atoms with E-state index in [2.05, 4.69) is 22.9 Å². The highest BCUT2D eigenvalue weighted by Gasteiger charge is 2.31. The Morgan fingerprint density at radius 3 is 2.71 bits per heavy atom. The molecule has 0 saturated carbocycles. The number of carbonyl (C=O) groups excluding carboxylic acids is 1. The van der Waals surface area contributed by atoms with E-state index in [1.807, 2.05) is 29.2 Å². The van der Waals surface area contributed by atoms with Crippen molar-refractivity contribution in [1.82, 2.24) is 4.90 Å². The van der Waals surface area contributed by atoms with Crippen LogP contribution in [0.25, 0.3) is 0 Å². The van der Waals surface area contributed by atoms with Crippen molar-refractivity contribution >= 4 is 22.0 Å². The normalized spacial score (nSPS) is 20.2. The molecule has 1 heterocycles. The smallest absolute Gasteiger partial charge is 0.410 e. The number of hydrogen-bond acceptors (Lipinski definition) is 3. The summed E-state index contributed by atoms with van der Waals surface area (Å²) in [6.45, 7) is 2.94. The summed E-state index contributed by atoms with van der Waals surface area (Å²) >= 11 is 3.43. The lowest BCUT2D eigenvalue weighted by atomic mass is 10.0. The second kappa shape index (κ2) is 7.80. The van der Waals surface area contributed by atoms with Gasteiger partial charge in [-0.25, -0.2) is 4.79 Å². The van der Waals surface area contributed by atoms with Crippen LogP contribution in [0.5, 0.6) is 0 Å². The van der Waals surface area contributed by atoms with Crippen LogP contribution >= 0.6 is 15.9 Å².